The number of benzene rings is 1. The highest BCUT2D eigenvalue weighted by atomic mass is 15.2. The van der Waals surface area contributed by atoms with E-state index >= 15 is 0 Å². The lowest BCUT2D eigenvalue weighted by molar-refractivity contribution is 0.204. The maximum absolute atomic E-state index is 5.69. The van der Waals surface area contributed by atoms with Crippen LogP contribution in [0.15, 0.2) is 24.3 Å². The molecule has 2 atom stereocenters. The lowest BCUT2D eigenvalue weighted by Gasteiger charge is -2.28. The Balaban J connectivity index is 2.13. The van der Waals surface area contributed by atoms with E-state index < -0.39 is 0 Å². The largest absolute Gasteiger partial charge is 0.399 e. The Hall–Kier alpha value is -1.02. The Bertz CT molecular complexity index is 318. The summed E-state index contributed by atoms with van der Waals surface area (Å²) in [7, 11) is 0. The van der Waals surface area contributed by atoms with Crippen molar-refractivity contribution in [1.82, 2.24) is 4.90 Å². The Kier molecular flexibility index (Phi) is 2.96. The van der Waals surface area contributed by atoms with Crippen molar-refractivity contribution >= 4 is 5.69 Å². The van der Waals surface area contributed by atoms with Gasteiger partial charge in [0, 0.05) is 17.8 Å². The molecule has 82 valence electrons. The fourth-order valence-electron chi connectivity index (χ4n) is 2.50. The molecule has 1 aromatic rings. The van der Waals surface area contributed by atoms with Crippen molar-refractivity contribution in [3.63, 3.8) is 0 Å². The molecule has 1 fully saturated rings. The second-order valence-corrected chi connectivity index (χ2v) is 4.57. The van der Waals surface area contributed by atoms with Gasteiger partial charge in [-0.3, -0.25) is 4.90 Å². The maximum Gasteiger partial charge on any atom is 0.0322 e. The van der Waals surface area contributed by atoms with Crippen LogP contribution in [0, 0.1) is 0 Å². The lowest BCUT2D eigenvalue weighted by Crippen LogP contribution is -2.29. The molecule has 1 aliphatic rings. The van der Waals surface area contributed by atoms with Gasteiger partial charge >= 0.3 is 0 Å². The first-order chi connectivity index (χ1) is 7.18. The molecule has 15 heavy (non-hydrogen) atoms. The minimum Gasteiger partial charge on any atom is -0.399 e. The number of likely N-dealkylation sites (tertiary alicyclic amines) is 1. The van der Waals surface area contributed by atoms with E-state index in [1.165, 1.54) is 24.9 Å². The molecule has 0 aliphatic carbocycles. The smallest absolute Gasteiger partial charge is 0.0322 e. The topological polar surface area (TPSA) is 29.3 Å². The maximum atomic E-state index is 5.69. The minimum atomic E-state index is 0.517. The molecular weight excluding hydrogens is 184 g/mol. The van der Waals surface area contributed by atoms with Crippen molar-refractivity contribution in [3.05, 3.63) is 29.8 Å². The first-order valence-corrected chi connectivity index (χ1v) is 5.79. The van der Waals surface area contributed by atoms with Gasteiger partial charge < -0.3 is 5.73 Å². The summed E-state index contributed by atoms with van der Waals surface area (Å²) in [5, 5.41) is 0. The quantitative estimate of drug-likeness (QED) is 0.751. The first kappa shape index (κ1) is 10.5. The summed E-state index contributed by atoms with van der Waals surface area (Å²) < 4.78 is 0. The van der Waals surface area contributed by atoms with Crippen molar-refractivity contribution in [2.75, 3.05) is 12.3 Å². The summed E-state index contributed by atoms with van der Waals surface area (Å²) in [4.78, 5) is 2.57. The molecule has 2 heteroatoms. The highest BCUT2D eigenvalue weighted by molar-refractivity contribution is 5.40. The molecule has 2 rings (SSSR count). The van der Waals surface area contributed by atoms with Crippen molar-refractivity contribution in [3.8, 4) is 0 Å². The molecule has 1 aromatic carbocycles. The zero-order valence-corrected chi connectivity index (χ0v) is 9.61. The van der Waals surface area contributed by atoms with Crippen LogP contribution in [0.5, 0.6) is 0 Å². The standard InChI is InChI=1S/C13H20N2/c1-10-4-3-9-15(10)11(2)12-5-7-13(14)8-6-12/h5-8,10-11H,3-4,9,14H2,1-2H3. The number of hydrogen-bond acceptors (Lipinski definition) is 2. The van der Waals surface area contributed by atoms with Crippen LogP contribution in [0.3, 0.4) is 0 Å². The third kappa shape index (κ3) is 2.15. The average molecular weight is 204 g/mol. The molecule has 0 saturated carbocycles. The highest BCUT2D eigenvalue weighted by Crippen LogP contribution is 2.28. The number of anilines is 1. The van der Waals surface area contributed by atoms with Crippen LogP contribution >= 0.6 is 0 Å². The highest BCUT2D eigenvalue weighted by Gasteiger charge is 2.25. The fourth-order valence-corrected chi connectivity index (χ4v) is 2.50. The number of nitrogens with zero attached hydrogens (tertiary/aromatic N) is 1. The Morgan fingerprint density at radius 3 is 2.53 bits per heavy atom. The van der Waals surface area contributed by atoms with Crippen molar-refractivity contribution in [1.29, 1.82) is 0 Å². The van der Waals surface area contributed by atoms with E-state index in [4.69, 9.17) is 5.73 Å². The van der Waals surface area contributed by atoms with Crippen LogP contribution in [0.2, 0.25) is 0 Å². The molecule has 0 aromatic heterocycles. The van der Waals surface area contributed by atoms with Gasteiger partial charge in [0.2, 0.25) is 0 Å². The van der Waals surface area contributed by atoms with Gasteiger partial charge in [0.1, 0.15) is 0 Å². The van der Waals surface area contributed by atoms with Crippen LogP contribution < -0.4 is 5.73 Å². The molecule has 2 unspecified atom stereocenters. The van der Waals surface area contributed by atoms with Gasteiger partial charge in [0.15, 0.2) is 0 Å². The summed E-state index contributed by atoms with van der Waals surface area (Å²) in [6, 6.07) is 9.51. The van der Waals surface area contributed by atoms with E-state index in [0.29, 0.717) is 6.04 Å². The number of nitrogen functional groups attached to an aromatic ring is 1. The van der Waals surface area contributed by atoms with Gasteiger partial charge in [0.05, 0.1) is 0 Å². The van der Waals surface area contributed by atoms with Gasteiger partial charge in [-0.25, -0.2) is 0 Å². The Morgan fingerprint density at radius 2 is 2.00 bits per heavy atom. The zero-order chi connectivity index (χ0) is 10.8. The molecule has 1 heterocycles. The van der Waals surface area contributed by atoms with Gasteiger partial charge in [-0.05, 0) is 50.9 Å². The first-order valence-electron chi connectivity index (χ1n) is 5.79. The number of hydrogen-bond donors (Lipinski definition) is 1. The molecule has 0 radical (unpaired) electrons. The molecule has 0 spiro atoms. The van der Waals surface area contributed by atoms with E-state index in [2.05, 4.69) is 30.9 Å². The summed E-state index contributed by atoms with van der Waals surface area (Å²) in [5.41, 5.74) is 7.91. The predicted octanol–water partition coefficient (Wildman–Crippen LogP) is 2.81. The second kappa shape index (κ2) is 4.23. The molecule has 2 nitrogen and oxygen atoms in total. The zero-order valence-electron chi connectivity index (χ0n) is 9.61. The Morgan fingerprint density at radius 1 is 1.33 bits per heavy atom. The van der Waals surface area contributed by atoms with Crippen molar-refractivity contribution in [2.24, 2.45) is 0 Å². The molecule has 2 N–H and O–H groups in total. The molecular formula is C13H20N2. The lowest BCUT2D eigenvalue weighted by atomic mass is 10.1. The SMILES string of the molecule is CC1CCCN1C(C)c1ccc(N)cc1. The minimum absolute atomic E-state index is 0.517. The normalized spacial score (nSPS) is 24.3. The summed E-state index contributed by atoms with van der Waals surface area (Å²) in [6.07, 6.45) is 2.67. The second-order valence-electron chi connectivity index (χ2n) is 4.57. The summed E-state index contributed by atoms with van der Waals surface area (Å²) >= 11 is 0. The van der Waals surface area contributed by atoms with Gasteiger partial charge in [-0.15, -0.1) is 0 Å². The van der Waals surface area contributed by atoms with Crippen molar-refractivity contribution in [2.45, 2.75) is 38.8 Å². The van der Waals surface area contributed by atoms with Crippen molar-refractivity contribution < 1.29 is 0 Å². The van der Waals surface area contributed by atoms with E-state index in [-0.39, 0.29) is 0 Å². The predicted molar refractivity (Wildman–Crippen MR) is 64.7 cm³/mol. The van der Waals surface area contributed by atoms with Gasteiger partial charge in [-0.2, -0.15) is 0 Å². The van der Waals surface area contributed by atoms with Crippen LogP contribution in [-0.2, 0) is 0 Å². The Labute approximate surface area is 92.1 Å². The van der Waals surface area contributed by atoms with E-state index in [1.807, 2.05) is 12.1 Å². The molecule has 0 bridgehead atoms. The molecule has 0 amide bonds. The third-order valence-electron chi connectivity index (χ3n) is 3.52. The van der Waals surface area contributed by atoms with Crippen LogP contribution in [-0.4, -0.2) is 17.5 Å². The average Bonchev–Trinajstić information content (AvgIpc) is 2.65. The van der Waals surface area contributed by atoms with Crippen LogP contribution in [0.4, 0.5) is 5.69 Å². The molecule has 1 aliphatic heterocycles. The van der Waals surface area contributed by atoms with E-state index in [1.54, 1.807) is 0 Å². The number of rotatable bonds is 2. The number of nitrogens with two attached hydrogens (primary N) is 1. The summed E-state index contributed by atoms with van der Waals surface area (Å²) in [5.74, 6) is 0. The van der Waals surface area contributed by atoms with Gasteiger partial charge in [0.25, 0.3) is 0 Å². The van der Waals surface area contributed by atoms with Crippen LogP contribution in [0.1, 0.15) is 38.3 Å². The summed E-state index contributed by atoms with van der Waals surface area (Å²) in [6.45, 7) is 5.83. The van der Waals surface area contributed by atoms with E-state index in [0.717, 1.165) is 11.7 Å². The monoisotopic (exact) mass is 204 g/mol. The third-order valence-corrected chi connectivity index (χ3v) is 3.52. The molecule has 1 saturated heterocycles. The van der Waals surface area contributed by atoms with Crippen LogP contribution in [0.25, 0.3) is 0 Å². The van der Waals surface area contributed by atoms with Gasteiger partial charge in [-0.1, -0.05) is 12.1 Å². The fraction of sp³-hybridized carbons (Fsp3) is 0.538. The van der Waals surface area contributed by atoms with E-state index in [9.17, 15) is 0 Å².